The van der Waals surface area contributed by atoms with Crippen LogP contribution < -0.4 is 15.8 Å². The van der Waals surface area contributed by atoms with E-state index in [4.69, 9.17) is 14.5 Å². The molecule has 0 atom stereocenters. The molecule has 0 aliphatic carbocycles. The summed E-state index contributed by atoms with van der Waals surface area (Å²) in [6.07, 6.45) is 6.33. The fourth-order valence-electron chi connectivity index (χ4n) is 5.96. The van der Waals surface area contributed by atoms with Gasteiger partial charge >= 0.3 is 5.97 Å². The maximum atomic E-state index is 13.3. The average molecular weight is 701 g/mol. The Balaban J connectivity index is 1.12. The van der Waals surface area contributed by atoms with Crippen LogP contribution in [-0.4, -0.2) is 91.8 Å². The Kier molecular flexibility index (Phi) is 12.3. The van der Waals surface area contributed by atoms with Crippen LogP contribution in [0.15, 0.2) is 66.1 Å². The number of ether oxygens (including phenoxy) is 2. The van der Waals surface area contributed by atoms with Gasteiger partial charge < -0.3 is 24.8 Å². The van der Waals surface area contributed by atoms with Crippen molar-refractivity contribution < 1.29 is 19.4 Å². The summed E-state index contributed by atoms with van der Waals surface area (Å²) in [7, 11) is 0. The number of carbonyl (C=O) groups is 1. The molecule has 13 nitrogen and oxygen atoms in total. The summed E-state index contributed by atoms with van der Waals surface area (Å²) >= 11 is 0. The molecule has 2 N–H and O–H groups in total. The third-order valence-electron chi connectivity index (χ3n) is 8.52. The molecule has 0 unspecified atom stereocenters. The van der Waals surface area contributed by atoms with Crippen molar-refractivity contribution in [3.63, 3.8) is 0 Å². The molecule has 0 saturated carbocycles. The van der Waals surface area contributed by atoms with Gasteiger partial charge in [0.15, 0.2) is 11.5 Å². The van der Waals surface area contributed by atoms with Crippen molar-refractivity contribution in [1.82, 2.24) is 29.2 Å². The minimum absolute atomic E-state index is 0.170. The lowest BCUT2D eigenvalue weighted by atomic mass is 10.1. The Morgan fingerprint density at radius 1 is 0.980 bits per heavy atom. The minimum Gasteiger partial charge on any atom is -0.460 e. The molecule has 0 bridgehead atoms. The van der Waals surface area contributed by atoms with E-state index in [1.165, 1.54) is 10.9 Å². The van der Waals surface area contributed by atoms with Gasteiger partial charge in [0.1, 0.15) is 16.6 Å². The number of nitrogens with zero attached hydrogens (tertiary/aromatic N) is 7. The number of carbonyl (C=O) groups excluding carboxylic acids is 1. The van der Waals surface area contributed by atoms with Crippen molar-refractivity contribution in [2.24, 2.45) is 0 Å². The fraction of sp³-hybridized carbons (Fsp3) is 0.500. The number of hydrogen-bond donors (Lipinski definition) is 2. The molecule has 0 amide bonds. The number of esters is 1. The lowest BCUT2D eigenvalue weighted by molar-refractivity contribution is -0.155. The van der Waals surface area contributed by atoms with Crippen LogP contribution in [0.3, 0.4) is 0 Å². The number of nitrogens with one attached hydrogen (secondary N) is 1. The molecule has 13 heteroatoms. The number of hydrogen-bond acceptors (Lipinski definition) is 11. The third kappa shape index (κ3) is 10.2. The largest absolute Gasteiger partial charge is 0.460 e. The maximum Gasteiger partial charge on any atom is 0.306 e. The smallest absolute Gasteiger partial charge is 0.306 e. The van der Waals surface area contributed by atoms with Crippen LogP contribution in [-0.2, 0) is 26.4 Å². The predicted molar refractivity (Wildman–Crippen MR) is 200 cm³/mol. The maximum absolute atomic E-state index is 13.3. The van der Waals surface area contributed by atoms with Gasteiger partial charge in [0.25, 0.3) is 5.56 Å². The summed E-state index contributed by atoms with van der Waals surface area (Å²) in [5.41, 5.74) is 0.998. The standard InChI is InChI=1S/C38H52N8O5/c1-7-19-45-35(48)30-27-39-36(42-34(30)46(45)32-13-10-12-31(41-32)38(5,6)49)40-28-15-17-29(18-16-28)44-23-21-43(22-24-44)20-8-9-25-50-26-11-14-33(47)51-37(2,3)4/h7,10,12-13,15-18,27,49H,1,8-9,11,14,19-26H2,2-6H3,(H,39,40,42). The number of aliphatic hydroxyl groups is 1. The van der Waals surface area contributed by atoms with Crippen LogP contribution >= 0.6 is 0 Å². The van der Waals surface area contributed by atoms with E-state index in [-0.39, 0.29) is 18.1 Å². The van der Waals surface area contributed by atoms with Crippen molar-refractivity contribution in [3.05, 3.63) is 77.4 Å². The molecule has 274 valence electrons. The van der Waals surface area contributed by atoms with Crippen molar-refractivity contribution in [1.29, 1.82) is 0 Å². The first-order valence-electron chi connectivity index (χ1n) is 17.8. The topological polar surface area (TPSA) is 140 Å². The lowest BCUT2D eigenvalue weighted by Crippen LogP contribution is -2.46. The molecule has 1 aliphatic rings. The summed E-state index contributed by atoms with van der Waals surface area (Å²) in [6.45, 7) is 19.3. The van der Waals surface area contributed by atoms with E-state index in [1.54, 1.807) is 42.8 Å². The predicted octanol–water partition coefficient (Wildman–Crippen LogP) is 5.17. The highest BCUT2D eigenvalue weighted by Crippen LogP contribution is 2.24. The van der Waals surface area contributed by atoms with E-state index in [1.807, 2.05) is 32.9 Å². The van der Waals surface area contributed by atoms with Gasteiger partial charge in [-0.05, 0) is 96.8 Å². The Morgan fingerprint density at radius 2 is 1.71 bits per heavy atom. The summed E-state index contributed by atoms with van der Waals surface area (Å²) in [4.78, 5) is 43.8. The zero-order chi connectivity index (χ0) is 36.6. The molecule has 51 heavy (non-hydrogen) atoms. The van der Waals surface area contributed by atoms with E-state index in [9.17, 15) is 14.7 Å². The van der Waals surface area contributed by atoms with Crippen molar-refractivity contribution in [2.75, 3.05) is 56.2 Å². The van der Waals surface area contributed by atoms with Crippen LogP contribution in [0.5, 0.6) is 0 Å². The Bertz CT molecular complexity index is 1830. The number of piperazine rings is 1. The molecule has 1 aliphatic heterocycles. The van der Waals surface area contributed by atoms with E-state index in [0.29, 0.717) is 54.5 Å². The van der Waals surface area contributed by atoms with E-state index < -0.39 is 11.2 Å². The fourth-order valence-corrected chi connectivity index (χ4v) is 5.96. The molecule has 1 aromatic carbocycles. The summed E-state index contributed by atoms with van der Waals surface area (Å²) in [6, 6.07) is 13.5. The zero-order valence-electron chi connectivity index (χ0n) is 30.6. The average Bonchev–Trinajstić information content (AvgIpc) is 3.35. The second kappa shape index (κ2) is 16.6. The second-order valence-corrected chi connectivity index (χ2v) is 14.4. The van der Waals surface area contributed by atoms with Gasteiger partial charge in [-0.1, -0.05) is 12.1 Å². The molecular weight excluding hydrogens is 648 g/mol. The summed E-state index contributed by atoms with van der Waals surface area (Å²) < 4.78 is 14.2. The minimum atomic E-state index is -1.16. The first-order chi connectivity index (χ1) is 24.3. The SMILES string of the molecule is C=CCn1c(=O)c2cnc(Nc3ccc(N4CCN(CCCCOCCCC(=O)OC(C)(C)C)CC4)cc3)nc2n1-c1cccc(C(C)(C)O)n1. The number of rotatable bonds is 16. The molecule has 1 saturated heterocycles. The van der Waals surface area contributed by atoms with Gasteiger partial charge in [0.05, 0.1) is 12.2 Å². The van der Waals surface area contributed by atoms with Gasteiger partial charge in [-0.3, -0.25) is 14.5 Å². The van der Waals surface area contributed by atoms with Crippen LogP contribution in [0.25, 0.3) is 16.9 Å². The Hall–Kier alpha value is -4.59. The number of benzene rings is 1. The first-order valence-corrected chi connectivity index (χ1v) is 17.8. The van der Waals surface area contributed by atoms with Crippen molar-refractivity contribution in [2.45, 2.75) is 78.0 Å². The molecule has 0 radical (unpaired) electrons. The third-order valence-corrected chi connectivity index (χ3v) is 8.52. The normalized spacial score (nSPS) is 14.2. The number of allylic oxidation sites excluding steroid dienone is 1. The van der Waals surface area contributed by atoms with Crippen LogP contribution in [0, 0.1) is 0 Å². The highest BCUT2D eigenvalue weighted by molar-refractivity contribution is 5.77. The van der Waals surface area contributed by atoms with Crippen LogP contribution in [0.2, 0.25) is 0 Å². The zero-order valence-corrected chi connectivity index (χ0v) is 30.6. The first kappa shape index (κ1) is 37.7. The molecule has 0 spiro atoms. The highest BCUT2D eigenvalue weighted by Gasteiger charge is 2.22. The van der Waals surface area contributed by atoms with Crippen LogP contribution in [0.4, 0.5) is 17.3 Å². The van der Waals surface area contributed by atoms with Gasteiger partial charge in [-0.25, -0.2) is 19.3 Å². The molecule has 5 rings (SSSR count). The number of anilines is 3. The molecule has 4 aromatic rings. The van der Waals surface area contributed by atoms with Crippen molar-refractivity contribution in [3.8, 4) is 5.82 Å². The van der Waals surface area contributed by atoms with Crippen molar-refractivity contribution >= 4 is 34.3 Å². The van der Waals surface area contributed by atoms with Gasteiger partial charge in [0, 0.05) is 63.4 Å². The van der Waals surface area contributed by atoms with Gasteiger partial charge in [-0.2, -0.15) is 4.98 Å². The molecule has 4 heterocycles. The summed E-state index contributed by atoms with van der Waals surface area (Å²) in [5, 5.41) is 14.2. The van der Waals surface area contributed by atoms with Crippen LogP contribution in [0.1, 0.15) is 66.0 Å². The molecule has 1 fully saturated rings. The Morgan fingerprint density at radius 3 is 2.39 bits per heavy atom. The van der Waals surface area contributed by atoms with Gasteiger partial charge in [-0.15, -0.1) is 6.58 Å². The van der Waals surface area contributed by atoms with E-state index in [0.717, 1.165) is 56.9 Å². The number of unbranched alkanes of at least 4 members (excludes halogenated alkanes) is 1. The van der Waals surface area contributed by atoms with E-state index >= 15 is 0 Å². The van der Waals surface area contributed by atoms with Gasteiger partial charge in [0.2, 0.25) is 5.95 Å². The van der Waals surface area contributed by atoms with E-state index in [2.05, 4.69) is 43.8 Å². The number of fused-ring (bicyclic) bond motifs is 1. The number of pyridine rings is 1. The monoisotopic (exact) mass is 700 g/mol. The Labute approximate surface area is 299 Å². The second-order valence-electron chi connectivity index (χ2n) is 14.4. The summed E-state index contributed by atoms with van der Waals surface area (Å²) in [5.74, 6) is 0.630. The molecule has 3 aromatic heterocycles. The lowest BCUT2D eigenvalue weighted by Gasteiger charge is -2.36. The highest BCUT2D eigenvalue weighted by atomic mass is 16.6. The molecular formula is C38H52N8O5. The quantitative estimate of drug-likeness (QED) is 0.0909. The number of aromatic nitrogens is 5.